The lowest BCUT2D eigenvalue weighted by Gasteiger charge is -2.02. The highest BCUT2D eigenvalue weighted by atomic mass is 32.2. The van der Waals surface area contributed by atoms with Crippen LogP contribution in [0.1, 0.15) is 10.6 Å². The van der Waals surface area contributed by atoms with Crippen LogP contribution in [0.4, 0.5) is 5.69 Å². The summed E-state index contributed by atoms with van der Waals surface area (Å²) in [5.41, 5.74) is 2.16. The van der Waals surface area contributed by atoms with Gasteiger partial charge in [0.15, 0.2) is 0 Å². The van der Waals surface area contributed by atoms with Crippen LogP contribution in [-0.2, 0) is 14.8 Å². The summed E-state index contributed by atoms with van der Waals surface area (Å²) in [5.74, 6) is 0.408. The number of sulfonamides is 1. The Balaban J connectivity index is 1.82. The number of methoxy groups -OCH3 is 1. The first kappa shape index (κ1) is 16.7. The van der Waals surface area contributed by atoms with E-state index in [0.29, 0.717) is 21.8 Å². The second-order valence-electron chi connectivity index (χ2n) is 5.65. The van der Waals surface area contributed by atoms with Gasteiger partial charge in [0.1, 0.15) is 10.8 Å². The van der Waals surface area contributed by atoms with Gasteiger partial charge < -0.3 is 10.1 Å². The molecular formula is C17H13N3O4S2. The molecule has 0 bridgehead atoms. The Morgan fingerprint density at radius 2 is 2.04 bits per heavy atom. The van der Waals surface area contributed by atoms with Gasteiger partial charge in [0, 0.05) is 11.3 Å². The van der Waals surface area contributed by atoms with Crippen molar-refractivity contribution < 1.29 is 17.9 Å². The summed E-state index contributed by atoms with van der Waals surface area (Å²) in [7, 11) is -2.27. The quantitative estimate of drug-likeness (QED) is 0.671. The minimum absolute atomic E-state index is 0.0484. The van der Waals surface area contributed by atoms with Crippen LogP contribution in [0.25, 0.3) is 21.9 Å². The zero-order valence-electron chi connectivity index (χ0n) is 13.5. The molecule has 1 aromatic heterocycles. The summed E-state index contributed by atoms with van der Waals surface area (Å²) in [6, 6.07) is 9.81. The Labute approximate surface area is 153 Å². The Bertz CT molecular complexity index is 1200. The molecule has 9 heteroatoms. The summed E-state index contributed by atoms with van der Waals surface area (Å²) >= 11 is 1.41. The molecule has 1 aliphatic rings. The predicted molar refractivity (Wildman–Crippen MR) is 100 cm³/mol. The lowest BCUT2D eigenvalue weighted by Crippen LogP contribution is -2.12. The third kappa shape index (κ3) is 2.85. The topological polar surface area (TPSA) is 111 Å². The van der Waals surface area contributed by atoms with Gasteiger partial charge in [0.25, 0.3) is 5.91 Å². The van der Waals surface area contributed by atoms with Gasteiger partial charge >= 0.3 is 0 Å². The predicted octanol–water partition coefficient (Wildman–Crippen LogP) is 2.45. The molecule has 0 saturated heterocycles. The van der Waals surface area contributed by atoms with Crippen LogP contribution >= 0.6 is 11.3 Å². The van der Waals surface area contributed by atoms with Crippen LogP contribution < -0.4 is 15.2 Å². The summed E-state index contributed by atoms with van der Waals surface area (Å²) in [6.07, 6.45) is 1.64. The van der Waals surface area contributed by atoms with Crippen molar-refractivity contribution in [3.8, 4) is 5.75 Å². The van der Waals surface area contributed by atoms with E-state index in [4.69, 9.17) is 9.88 Å². The number of amides is 1. The van der Waals surface area contributed by atoms with Crippen molar-refractivity contribution in [2.45, 2.75) is 4.90 Å². The SMILES string of the molecule is COc1ccc2nc(/C=C3\C(=O)Nc4ccc(S(N)(=O)=O)cc43)sc2c1. The lowest BCUT2D eigenvalue weighted by atomic mass is 10.1. The number of nitrogens with zero attached hydrogens (tertiary/aromatic N) is 1. The van der Waals surface area contributed by atoms with Crippen molar-refractivity contribution in [2.24, 2.45) is 5.14 Å². The molecule has 4 rings (SSSR count). The van der Waals surface area contributed by atoms with Gasteiger partial charge in [0.05, 0.1) is 27.8 Å². The highest BCUT2D eigenvalue weighted by molar-refractivity contribution is 7.89. The Morgan fingerprint density at radius 1 is 1.23 bits per heavy atom. The molecule has 0 aliphatic carbocycles. The molecule has 0 unspecified atom stereocenters. The smallest absolute Gasteiger partial charge is 0.256 e. The van der Waals surface area contributed by atoms with Crippen molar-refractivity contribution in [1.29, 1.82) is 0 Å². The molecule has 3 aromatic rings. The average molecular weight is 387 g/mol. The Kier molecular flexibility index (Phi) is 3.79. The summed E-state index contributed by atoms with van der Waals surface area (Å²) < 4.78 is 29.3. The van der Waals surface area contributed by atoms with E-state index in [-0.39, 0.29) is 10.8 Å². The number of primary sulfonamides is 1. The van der Waals surface area contributed by atoms with Gasteiger partial charge in [-0.25, -0.2) is 18.5 Å². The molecule has 2 aromatic carbocycles. The minimum atomic E-state index is -3.86. The maximum atomic E-state index is 12.3. The fraction of sp³-hybridized carbons (Fsp3) is 0.0588. The molecule has 2 heterocycles. The third-order valence-corrected chi connectivity index (χ3v) is 5.86. The number of aromatic nitrogens is 1. The molecule has 7 nitrogen and oxygen atoms in total. The molecule has 3 N–H and O–H groups in total. The summed E-state index contributed by atoms with van der Waals surface area (Å²) in [6.45, 7) is 0. The van der Waals surface area contributed by atoms with Crippen molar-refractivity contribution in [3.63, 3.8) is 0 Å². The molecule has 1 aliphatic heterocycles. The number of thiazole rings is 1. The van der Waals surface area contributed by atoms with Crippen molar-refractivity contribution in [2.75, 3.05) is 12.4 Å². The van der Waals surface area contributed by atoms with Gasteiger partial charge in [0.2, 0.25) is 10.0 Å². The molecule has 26 heavy (non-hydrogen) atoms. The number of benzene rings is 2. The molecule has 0 fully saturated rings. The molecule has 0 atom stereocenters. The van der Waals surface area contributed by atoms with Crippen LogP contribution in [0.5, 0.6) is 5.75 Å². The van der Waals surface area contributed by atoms with Crippen LogP contribution in [0.15, 0.2) is 41.3 Å². The maximum absolute atomic E-state index is 12.3. The highest BCUT2D eigenvalue weighted by Crippen LogP contribution is 2.36. The van der Waals surface area contributed by atoms with Crippen LogP contribution in [0.2, 0.25) is 0 Å². The van der Waals surface area contributed by atoms with Gasteiger partial charge in [-0.1, -0.05) is 0 Å². The number of nitrogens with one attached hydrogen (secondary N) is 1. The highest BCUT2D eigenvalue weighted by Gasteiger charge is 2.26. The molecular weight excluding hydrogens is 374 g/mol. The van der Waals surface area contributed by atoms with E-state index < -0.39 is 10.0 Å². The number of carbonyl (C=O) groups excluding carboxylic acids is 1. The van der Waals surface area contributed by atoms with E-state index in [9.17, 15) is 13.2 Å². The number of fused-ring (bicyclic) bond motifs is 2. The Morgan fingerprint density at radius 3 is 2.77 bits per heavy atom. The zero-order chi connectivity index (χ0) is 18.5. The van der Waals surface area contributed by atoms with E-state index in [1.54, 1.807) is 13.2 Å². The average Bonchev–Trinajstić information content (AvgIpc) is 3.13. The second-order valence-corrected chi connectivity index (χ2v) is 8.27. The number of hydrogen-bond donors (Lipinski definition) is 2. The van der Waals surface area contributed by atoms with Crippen LogP contribution in [-0.4, -0.2) is 26.4 Å². The van der Waals surface area contributed by atoms with Gasteiger partial charge in [-0.3, -0.25) is 4.79 Å². The van der Waals surface area contributed by atoms with E-state index in [0.717, 1.165) is 16.0 Å². The fourth-order valence-corrected chi connectivity index (χ4v) is 4.20. The van der Waals surface area contributed by atoms with Gasteiger partial charge in [-0.15, -0.1) is 11.3 Å². The number of anilines is 1. The molecule has 0 radical (unpaired) electrons. The Hall–Kier alpha value is -2.75. The standard InChI is InChI=1S/C17H13N3O4S2/c1-24-9-2-4-14-15(6-9)25-16(19-14)8-12-11-7-10(26(18,22)23)3-5-13(11)20-17(12)21/h2-8H,1H3,(H,20,21)(H2,18,22,23)/b12-8-. The number of rotatable bonds is 3. The monoisotopic (exact) mass is 387 g/mol. The molecule has 0 saturated carbocycles. The lowest BCUT2D eigenvalue weighted by molar-refractivity contribution is -0.110. The number of nitrogens with two attached hydrogens (primary N) is 1. The fourth-order valence-electron chi connectivity index (χ4n) is 2.72. The summed E-state index contributed by atoms with van der Waals surface area (Å²) in [5, 5.41) is 8.53. The molecule has 0 spiro atoms. The number of carbonyl (C=O) groups is 1. The van der Waals surface area contributed by atoms with E-state index in [1.165, 1.54) is 29.5 Å². The number of hydrogen-bond acceptors (Lipinski definition) is 6. The summed E-state index contributed by atoms with van der Waals surface area (Å²) in [4.78, 5) is 16.8. The maximum Gasteiger partial charge on any atom is 0.256 e. The second kappa shape index (κ2) is 5.90. The van der Waals surface area contributed by atoms with Gasteiger partial charge in [-0.2, -0.15) is 0 Å². The van der Waals surface area contributed by atoms with E-state index in [1.807, 2.05) is 18.2 Å². The first-order valence-corrected chi connectivity index (χ1v) is 9.86. The van der Waals surface area contributed by atoms with E-state index in [2.05, 4.69) is 10.3 Å². The van der Waals surface area contributed by atoms with E-state index >= 15 is 0 Å². The van der Waals surface area contributed by atoms with Crippen molar-refractivity contribution >= 4 is 54.8 Å². The zero-order valence-corrected chi connectivity index (χ0v) is 15.1. The first-order chi connectivity index (χ1) is 12.3. The number of ether oxygens (including phenoxy) is 1. The van der Waals surface area contributed by atoms with Crippen molar-refractivity contribution in [3.05, 3.63) is 47.0 Å². The normalized spacial score (nSPS) is 15.3. The molecule has 1 amide bonds. The van der Waals surface area contributed by atoms with Gasteiger partial charge in [-0.05, 0) is 42.5 Å². The minimum Gasteiger partial charge on any atom is -0.497 e. The van der Waals surface area contributed by atoms with Crippen LogP contribution in [0, 0.1) is 0 Å². The molecule has 132 valence electrons. The first-order valence-electron chi connectivity index (χ1n) is 7.50. The van der Waals surface area contributed by atoms with Crippen molar-refractivity contribution in [1.82, 2.24) is 4.98 Å². The largest absolute Gasteiger partial charge is 0.497 e. The van der Waals surface area contributed by atoms with Crippen LogP contribution in [0.3, 0.4) is 0 Å². The third-order valence-electron chi connectivity index (χ3n) is 3.98.